The first-order valence-electron chi connectivity index (χ1n) is 2.18. The molecule has 4 heteroatoms. The highest BCUT2D eigenvalue weighted by Gasteiger charge is 1.58. The molecular weight excluding hydrogens is 122 g/mol. The average molecular weight is 127 g/mol. The Morgan fingerprint density at radius 2 is 1.67 bits per heavy atom. The molecular formula is C5H5NO3. The topological polar surface area (TPSA) is 64.3 Å². The number of nitrogens with zero attached hydrogens (tertiary/aromatic N) is 1. The van der Waals surface area contributed by atoms with Crippen molar-refractivity contribution in [2.45, 2.75) is 0 Å². The van der Waals surface area contributed by atoms with Crippen LogP contribution >= 0.6 is 0 Å². The molecule has 4 nitrogen and oxygen atoms in total. The first-order valence-corrected chi connectivity index (χ1v) is 2.18. The molecule has 48 valence electrons. The first kappa shape index (κ1) is 7.55. The second kappa shape index (κ2) is 6.55. The summed E-state index contributed by atoms with van der Waals surface area (Å²) in [7, 11) is 0. The highest BCUT2D eigenvalue weighted by atomic mass is 17.2. The van der Waals surface area contributed by atoms with Crippen molar-refractivity contribution in [3.63, 3.8) is 0 Å². The maximum absolute atomic E-state index is 7.88. The zero-order valence-corrected chi connectivity index (χ0v) is 4.56. The summed E-state index contributed by atoms with van der Waals surface area (Å²) in [5, 5.41) is 7.88. The van der Waals surface area contributed by atoms with E-state index in [9.17, 15) is 0 Å². The van der Waals surface area contributed by atoms with Crippen LogP contribution in [0.1, 0.15) is 0 Å². The van der Waals surface area contributed by atoms with Crippen LogP contribution < -0.4 is 5.26 Å². The van der Waals surface area contributed by atoms with E-state index in [-0.39, 0.29) is 0 Å². The van der Waals surface area contributed by atoms with Crippen molar-refractivity contribution in [1.29, 1.82) is 0 Å². The molecule has 1 heterocycles. The molecule has 0 aliphatic heterocycles. The predicted octanol–water partition coefficient (Wildman–Crippen LogP) is -0.0404. The molecule has 0 aromatic carbocycles. The van der Waals surface area contributed by atoms with E-state index in [0.29, 0.717) is 0 Å². The molecule has 0 N–H and O–H groups in total. The average Bonchev–Trinajstić information content (AvgIpc) is 1.93. The smallest absolute Gasteiger partial charge is 0.154 e. The summed E-state index contributed by atoms with van der Waals surface area (Å²) in [5.74, 6) is 0. The Hall–Kier alpha value is -1.45. The molecule has 1 rings (SSSR count). The van der Waals surface area contributed by atoms with E-state index in [0.717, 1.165) is 0 Å². The SMILES string of the molecule is O=[O+][O-].c1ccncc1. The van der Waals surface area contributed by atoms with E-state index in [4.69, 9.17) is 10.2 Å². The number of hydrogen-bond donors (Lipinski definition) is 0. The third-order valence-electron chi connectivity index (χ3n) is 0.566. The maximum Gasteiger partial charge on any atom is 0.154 e. The van der Waals surface area contributed by atoms with Gasteiger partial charge in [0.15, 0.2) is 4.75 Å². The highest BCUT2D eigenvalue weighted by Crippen LogP contribution is 1.73. The van der Waals surface area contributed by atoms with Gasteiger partial charge in [0.05, 0.1) is 0 Å². The lowest BCUT2D eigenvalue weighted by molar-refractivity contribution is -0.284. The number of hydrogen-bond acceptors (Lipinski definition) is 3. The molecule has 0 aliphatic rings. The highest BCUT2D eigenvalue weighted by molar-refractivity contribution is 4.88. The van der Waals surface area contributed by atoms with Gasteiger partial charge in [0.2, 0.25) is 0 Å². The lowest BCUT2D eigenvalue weighted by Gasteiger charge is -1.70. The van der Waals surface area contributed by atoms with Crippen molar-refractivity contribution in [3.8, 4) is 0 Å². The normalized spacial score (nSPS) is 6.67. The largest absolute Gasteiger partial charge is 0.265 e. The number of aromatic nitrogens is 1. The van der Waals surface area contributed by atoms with Gasteiger partial charge >= 0.3 is 0 Å². The van der Waals surface area contributed by atoms with Crippen LogP contribution in [0.3, 0.4) is 0 Å². The minimum absolute atomic E-state index is 1.75. The van der Waals surface area contributed by atoms with Crippen LogP contribution in [-0.2, 0) is 0 Å². The first-order chi connectivity index (χ1) is 4.41. The lowest BCUT2D eigenvalue weighted by Crippen LogP contribution is -1.82. The molecule has 0 fully saturated rings. The van der Waals surface area contributed by atoms with Gasteiger partial charge in [0.1, 0.15) is 0 Å². The van der Waals surface area contributed by atoms with Gasteiger partial charge in [0.25, 0.3) is 0 Å². The third-order valence-corrected chi connectivity index (χ3v) is 0.566. The Morgan fingerprint density at radius 1 is 1.22 bits per heavy atom. The Morgan fingerprint density at radius 3 is 1.78 bits per heavy atom. The summed E-state index contributed by atoms with van der Waals surface area (Å²) < 4.78 is 1.75. The fourth-order valence-corrected chi connectivity index (χ4v) is 0.313. The number of pyridine rings is 1. The van der Waals surface area contributed by atoms with Gasteiger partial charge in [-0.05, 0) is 12.1 Å². The van der Waals surface area contributed by atoms with Gasteiger partial charge in [-0.2, -0.15) is 0 Å². The Bertz CT molecular complexity index is 115. The van der Waals surface area contributed by atoms with Gasteiger partial charge in [-0.3, -0.25) is 4.98 Å². The Labute approximate surface area is 51.6 Å². The quantitative estimate of drug-likeness (QED) is 0.279. The molecule has 0 radical (unpaired) electrons. The summed E-state index contributed by atoms with van der Waals surface area (Å²) in [6.07, 6.45) is 3.50. The van der Waals surface area contributed by atoms with Gasteiger partial charge in [-0.15, -0.1) is 0 Å². The van der Waals surface area contributed by atoms with E-state index in [1.165, 1.54) is 0 Å². The van der Waals surface area contributed by atoms with Crippen LogP contribution in [0.2, 0.25) is 0 Å². The van der Waals surface area contributed by atoms with Gasteiger partial charge < -0.3 is 0 Å². The molecule has 0 unspecified atom stereocenters. The Kier molecular flexibility index (Phi) is 5.49. The molecule has 1 aromatic heterocycles. The van der Waals surface area contributed by atoms with Crippen LogP contribution in [0, 0.1) is 9.71 Å². The fourth-order valence-electron chi connectivity index (χ4n) is 0.313. The van der Waals surface area contributed by atoms with Crippen molar-refractivity contribution in [1.82, 2.24) is 4.98 Å². The van der Waals surface area contributed by atoms with Gasteiger partial charge in [0, 0.05) is 12.4 Å². The summed E-state index contributed by atoms with van der Waals surface area (Å²) in [6, 6.07) is 5.72. The monoisotopic (exact) mass is 127 g/mol. The molecule has 0 amide bonds. The summed E-state index contributed by atoms with van der Waals surface area (Å²) in [6.45, 7) is 0. The molecule has 0 aliphatic carbocycles. The number of rotatable bonds is 0. The minimum atomic E-state index is 1.75. The molecule has 9 heavy (non-hydrogen) atoms. The van der Waals surface area contributed by atoms with Crippen molar-refractivity contribution >= 4 is 0 Å². The van der Waals surface area contributed by atoms with Crippen LogP contribution in [0.5, 0.6) is 0 Å². The van der Waals surface area contributed by atoms with Crippen molar-refractivity contribution < 1.29 is 5.26 Å². The lowest BCUT2D eigenvalue weighted by atomic mass is 10.5. The van der Waals surface area contributed by atoms with E-state index < -0.39 is 0 Å². The van der Waals surface area contributed by atoms with Crippen LogP contribution in [0.25, 0.3) is 0 Å². The predicted molar refractivity (Wildman–Crippen MR) is 31.0 cm³/mol. The van der Waals surface area contributed by atoms with Crippen LogP contribution in [0.15, 0.2) is 30.6 Å². The zero-order valence-electron chi connectivity index (χ0n) is 4.56. The van der Waals surface area contributed by atoms with Crippen LogP contribution in [0.4, 0.5) is 0 Å². The fraction of sp³-hybridized carbons (Fsp3) is 0. The molecule has 1 aromatic rings. The van der Waals surface area contributed by atoms with E-state index in [1.54, 1.807) is 17.1 Å². The van der Waals surface area contributed by atoms with E-state index >= 15 is 0 Å². The van der Waals surface area contributed by atoms with Crippen molar-refractivity contribution in [2.24, 2.45) is 0 Å². The molecule has 0 spiro atoms. The van der Waals surface area contributed by atoms with E-state index in [1.807, 2.05) is 18.2 Å². The molecule has 0 bridgehead atoms. The standard InChI is InChI=1S/C5H5N.O3/c1-2-4-6-5-3-1;1-3-2/h1-5H;. The summed E-state index contributed by atoms with van der Waals surface area (Å²) >= 11 is 0. The zero-order chi connectivity index (χ0) is 6.95. The van der Waals surface area contributed by atoms with Crippen LogP contribution in [-0.4, -0.2) is 4.98 Å². The second-order valence-electron chi connectivity index (χ2n) is 1.09. The second-order valence-corrected chi connectivity index (χ2v) is 1.09. The van der Waals surface area contributed by atoms with Gasteiger partial charge in [-0.25, -0.2) is 0 Å². The van der Waals surface area contributed by atoms with Gasteiger partial charge in [-0.1, -0.05) is 16.3 Å². The van der Waals surface area contributed by atoms with E-state index in [2.05, 4.69) is 4.98 Å². The minimum Gasteiger partial charge on any atom is -0.265 e. The third kappa shape index (κ3) is 6.55. The summed E-state index contributed by atoms with van der Waals surface area (Å²) in [5.41, 5.74) is 0. The Balaban J connectivity index is 0.000000187. The van der Waals surface area contributed by atoms with Crippen molar-refractivity contribution in [3.05, 3.63) is 40.3 Å². The molecule has 0 saturated carbocycles. The van der Waals surface area contributed by atoms with Crippen molar-refractivity contribution in [2.75, 3.05) is 0 Å². The summed E-state index contributed by atoms with van der Waals surface area (Å²) in [4.78, 5) is 11.7. The molecule has 0 atom stereocenters. The molecule has 0 saturated heterocycles. The maximum atomic E-state index is 7.88.